The molecule has 1 amide bonds. The second-order valence-corrected chi connectivity index (χ2v) is 10.2. The molecule has 0 aromatic heterocycles. The van der Waals surface area contributed by atoms with Crippen molar-refractivity contribution < 1.29 is 27.3 Å². The normalized spacial score (nSPS) is 18.0. The lowest BCUT2D eigenvalue weighted by atomic mass is 10.0. The third kappa shape index (κ3) is 6.05. The minimum absolute atomic E-state index is 0.0664. The molecular weight excluding hydrogens is 477 g/mol. The summed E-state index contributed by atoms with van der Waals surface area (Å²) in [7, 11) is -3.80. The lowest BCUT2D eigenvalue weighted by molar-refractivity contribution is -0.385. The Kier molecular flexibility index (Phi) is 7.68. The van der Waals surface area contributed by atoms with Crippen LogP contribution < -0.4 is 5.32 Å². The molecule has 1 N–H and O–H groups in total. The molecule has 0 radical (unpaired) electrons. The number of non-ortho nitro benzene ring substituents is 1. The molecule has 2 aromatic rings. The van der Waals surface area contributed by atoms with Crippen LogP contribution in [0.15, 0.2) is 41.3 Å². The number of nitrogens with one attached hydrogen (secondary N) is 1. The van der Waals surface area contributed by atoms with Gasteiger partial charge in [0.05, 0.1) is 28.6 Å². The van der Waals surface area contributed by atoms with Gasteiger partial charge < -0.3 is 10.1 Å². The second kappa shape index (κ2) is 10.1. The fraction of sp³-hybridized carbons (Fsp3) is 0.381. The summed E-state index contributed by atoms with van der Waals surface area (Å²) in [5, 5.41) is 14.1. The fourth-order valence-electron chi connectivity index (χ4n) is 3.70. The number of nitro groups is 1. The molecule has 9 nitrogen and oxygen atoms in total. The number of amides is 1. The van der Waals surface area contributed by atoms with Gasteiger partial charge in [0.2, 0.25) is 0 Å². The van der Waals surface area contributed by atoms with Gasteiger partial charge >= 0.3 is 0 Å². The Hall–Kier alpha value is -2.60. The number of rotatable bonds is 7. The van der Waals surface area contributed by atoms with Crippen LogP contribution in [0.1, 0.15) is 28.9 Å². The summed E-state index contributed by atoms with van der Waals surface area (Å²) in [6.07, 6.45) is 0.778. The lowest BCUT2D eigenvalue weighted by Gasteiger charge is -2.38. The Balaban J connectivity index is 1.91. The van der Waals surface area contributed by atoms with E-state index in [2.05, 4.69) is 5.32 Å². The van der Waals surface area contributed by atoms with E-state index in [1.54, 1.807) is 6.07 Å². The summed E-state index contributed by atoms with van der Waals surface area (Å²) >= 11 is 6.29. The number of nitro benzene ring substituents is 1. The molecular formula is C21H23ClFN3O6S. The molecule has 1 fully saturated rings. The molecule has 33 heavy (non-hydrogen) atoms. The van der Waals surface area contributed by atoms with E-state index < -0.39 is 38.2 Å². The quantitative estimate of drug-likeness (QED) is 0.459. The van der Waals surface area contributed by atoms with Crippen LogP contribution in [0.3, 0.4) is 0 Å². The van der Waals surface area contributed by atoms with Crippen molar-refractivity contribution in [3.05, 3.63) is 68.5 Å². The minimum Gasteiger partial charge on any atom is -0.376 e. The monoisotopic (exact) mass is 499 g/mol. The van der Waals surface area contributed by atoms with Crippen LogP contribution in [0.4, 0.5) is 10.1 Å². The van der Waals surface area contributed by atoms with Crippen LogP contribution in [0.5, 0.6) is 0 Å². The number of carbonyl (C=O) groups is 1. The zero-order valence-electron chi connectivity index (χ0n) is 18.0. The van der Waals surface area contributed by atoms with Crippen LogP contribution >= 0.6 is 11.6 Å². The smallest absolute Gasteiger partial charge is 0.271 e. The highest BCUT2D eigenvalue weighted by atomic mass is 35.5. The average Bonchev–Trinajstić information content (AvgIpc) is 2.74. The van der Waals surface area contributed by atoms with Crippen molar-refractivity contribution in [2.24, 2.45) is 0 Å². The zero-order chi connectivity index (χ0) is 24.3. The molecule has 2 aromatic carbocycles. The first-order valence-electron chi connectivity index (χ1n) is 10.0. The number of ether oxygens (including phenoxy) is 1. The van der Waals surface area contributed by atoms with Crippen molar-refractivity contribution in [2.75, 3.05) is 32.5 Å². The Morgan fingerprint density at radius 1 is 1.39 bits per heavy atom. The lowest BCUT2D eigenvalue weighted by Crippen LogP contribution is -2.47. The van der Waals surface area contributed by atoms with Gasteiger partial charge in [-0.2, -0.15) is 0 Å². The Morgan fingerprint density at radius 2 is 2.12 bits per heavy atom. The summed E-state index contributed by atoms with van der Waals surface area (Å²) in [4.78, 5) is 24.9. The number of sulfone groups is 1. The predicted molar refractivity (Wildman–Crippen MR) is 120 cm³/mol. The summed E-state index contributed by atoms with van der Waals surface area (Å²) in [6.45, 7) is 3.18. The maximum atomic E-state index is 14.7. The first-order valence-corrected chi connectivity index (χ1v) is 12.3. The molecule has 2 unspecified atom stereocenters. The van der Waals surface area contributed by atoms with Crippen LogP contribution in [-0.2, 0) is 14.6 Å². The summed E-state index contributed by atoms with van der Waals surface area (Å²) < 4.78 is 44.1. The number of morpholine rings is 1. The maximum Gasteiger partial charge on any atom is 0.271 e. The van der Waals surface area contributed by atoms with Gasteiger partial charge in [-0.3, -0.25) is 19.8 Å². The average molecular weight is 500 g/mol. The first kappa shape index (κ1) is 25.0. The van der Waals surface area contributed by atoms with Crippen molar-refractivity contribution in [1.82, 2.24) is 10.2 Å². The van der Waals surface area contributed by atoms with E-state index in [0.29, 0.717) is 19.7 Å². The molecule has 1 aliphatic heterocycles. The molecule has 0 spiro atoms. The number of nitrogens with zero attached hydrogens (tertiary/aromatic N) is 2. The number of hydrogen-bond donors (Lipinski definition) is 1. The Morgan fingerprint density at radius 3 is 2.73 bits per heavy atom. The number of halogens is 2. The van der Waals surface area contributed by atoms with Crippen LogP contribution in [0.2, 0.25) is 5.02 Å². The standard InChI is InChI=1S/C21H23ClFN3O6S/c1-13-12-25(6-7-32-13)19(20-17(22)4-3-5-18(20)23)11-24-21(27)14-8-15(26(28)29)10-16(9-14)33(2,30)31/h3-5,8-10,13,19H,6-7,11-12H2,1-2H3,(H,24,27). The summed E-state index contributed by atoms with van der Waals surface area (Å²) in [5.74, 6) is -1.27. The SMILES string of the molecule is CC1CN(C(CNC(=O)c2cc([N+](=O)[O-])cc(S(C)(=O)=O)c2)c2c(F)cccc2Cl)CCO1. The van der Waals surface area contributed by atoms with E-state index >= 15 is 0 Å². The Bertz CT molecular complexity index is 1160. The van der Waals surface area contributed by atoms with Crippen molar-refractivity contribution in [3.8, 4) is 0 Å². The topological polar surface area (TPSA) is 119 Å². The largest absolute Gasteiger partial charge is 0.376 e. The van der Waals surface area contributed by atoms with Crippen molar-refractivity contribution in [3.63, 3.8) is 0 Å². The fourth-order valence-corrected chi connectivity index (χ4v) is 4.66. The first-order chi connectivity index (χ1) is 15.5. The van der Waals surface area contributed by atoms with Gasteiger partial charge in [0.25, 0.3) is 11.6 Å². The van der Waals surface area contributed by atoms with Gasteiger partial charge in [0.15, 0.2) is 9.84 Å². The summed E-state index contributed by atoms with van der Waals surface area (Å²) in [5.41, 5.74) is -0.512. The number of carbonyl (C=O) groups excluding carboxylic acids is 1. The van der Waals surface area contributed by atoms with Gasteiger partial charge in [0.1, 0.15) is 5.82 Å². The van der Waals surface area contributed by atoms with Crippen LogP contribution in [-0.4, -0.2) is 62.7 Å². The Labute approximate surface area is 195 Å². The van der Waals surface area contributed by atoms with E-state index in [-0.39, 0.29) is 33.7 Å². The van der Waals surface area contributed by atoms with E-state index in [1.165, 1.54) is 12.1 Å². The molecule has 1 heterocycles. The minimum atomic E-state index is -3.80. The molecule has 0 bridgehead atoms. The third-order valence-electron chi connectivity index (χ3n) is 5.29. The van der Waals surface area contributed by atoms with E-state index in [0.717, 1.165) is 24.5 Å². The maximum absolute atomic E-state index is 14.7. The molecule has 3 rings (SSSR count). The number of hydrogen-bond acceptors (Lipinski definition) is 7. The van der Waals surface area contributed by atoms with Gasteiger partial charge in [-0.15, -0.1) is 0 Å². The van der Waals surface area contributed by atoms with Gasteiger partial charge in [-0.1, -0.05) is 17.7 Å². The van der Waals surface area contributed by atoms with Gasteiger partial charge in [-0.05, 0) is 25.1 Å². The second-order valence-electron chi connectivity index (χ2n) is 7.78. The molecule has 1 saturated heterocycles. The number of benzene rings is 2. The molecule has 178 valence electrons. The van der Waals surface area contributed by atoms with E-state index in [4.69, 9.17) is 16.3 Å². The third-order valence-corrected chi connectivity index (χ3v) is 6.72. The molecule has 2 atom stereocenters. The predicted octanol–water partition coefficient (Wildman–Crippen LogP) is 2.98. The highest BCUT2D eigenvalue weighted by Gasteiger charge is 2.30. The summed E-state index contributed by atoms with van der Waals surface area (Å²) in [6, 6.07) is 6.63. The van der Waals surface area contributed by atoms with Gasteiger partial charge in [0, 0.05) is 54.2 Å². The molecule has 0 aliphatic carbocycles. The van der Waals surface area contributed by atoms with E-state index in [1.807, 2.05) is 11.8 Å². The highest BCUT2D eigenvalue weighted by Crippen LogP contribution is 2.31. The van der Waals surface area contributed by atoms with Crippen molar-refractivity contribution in [2.45, 2.75) is 24.0 Å². The van der Waals surface area contributed by atoms with Crippen LogP contribution in [0, 0.1) is 15.9 Å². The van der Waals surface area contributed by atoms with Gasteiger partial charge in [-0.25, -0.2) is 12.8 Å². The molecule has 12 heteroatoms. The zero-order valence-corrected chi connectivity index (χ0v) is 19.5. The van der Waals surface area contributed by atoms with E-state index in [9.17, 15) is 27.7 Å². The molecule has 1 aliphatic rings. The van der Waals surface area contributed by atoms with Crippen molar-refractivity contribution >= 4 is 33.0 Å². The molecule has 0 saturated carbocycles. The van der Waals surface area contributed by atoms with Crippen molar-refractivity contribution in [1.29, 1.82) is 0 Å². The van der Waals surface area contributed by atoms with Crippen LogP contribution in [0.25, 0.3) is 0 Å². The highest BCUT2D eigenvalue weighted by molar-refractivity contribution is 7.90.